The van der Waals surface area contributed by atoms with E-state index in [0.29, 0.717) is 18.0 Å². The Hall–Kier alpha value is -0.610. The van der Waals surface area contributed by atoms with E-state index in [1.54, 1.807) is 7.11 Å². The molecule has 4 heteroatoms. The van der Waals surface area contributed by atoms with Crippen molar-refractivity contribution in [2.45, 2.75) is 32.9 Å². The van der Waals surface area contributed by atoms with E-state index >= 15 is 0 Å². The van der Waals surface area contributed by atoms with Crippen molar-refractivity contribution >= 4 is 5.91 Å². The van der Waals surface area contributed by atoms with Crippen LogP contribution >= 0.6 is 0 Å². The minimum Gasteiger partial charge on any atom is -0.375 e. The van der Waals surface area contributed by atoms with E-state index in [9.17, 15) is 4.79 Å². The molecule has 1 saturated heterocycles. The van der Waals surface area contributed by atoms with Gasteiger partial charge in [0.1, 0.15) is 6.61 Å². The molecule has 1 aliphatic rings. The lowest BCUT2D eigenvalue weighted by molar-refractivity contribution is -0.140. The first kappa shape index (κ1) is 12.5. The van der Waals surface area contributed by atoms with Crippen molar-refractivity contribution in [2.75, 3.05) is 26.8 Å². The normalized spacial score (nSPS) is 27.1. The van der Waals surface area contributed by atoms with Gasteiger partial charge in [-0.25, -0.2) is 0 Å². The quantitative estimate of drug-likeness (QED) is 0.743. The number of hydrogen-bond donors (Lipinski definition) is 1. The summed E-state index contributed by atoms with van der Waals surface area (Å²) >= 11 is 0. The zero-order chi connectivity index (χ0) is 11.4. The molecule has 1 amide bonds. The summed E-state index contributed by atoms with van der Waals surface area (Å²) in [5, 5.41) is 3.41. The molecule has 0 aromatic rings. The van der Waals surface area contributed by atoms with Crippen molar-refractivity contribution < 1.29 is 9.53 Å². The zero-order valence-electron chi connectivity index (χ0n) is 10.1. The molecule has 1 rings (SSSR count). The molecule has 1 heterocycles. The first-order valence-corrected chi connectivity index (χ1v) is 5.58. The summed E-state index contributed by atoms with van der Waals surface area (Å²) in [6.45, 7) is 8.25. The molecule has 0 aliphatic carbocycles. The Morgan fingerprint density at radius 3 is 2.80 bits per heavy atom. The van der Waals surface area contributed by atoms with E-state index in [1.165, 1.54) is 0 Å². The average Bonchev–Trinajstić information content (AvgIpc) is 2.17. The molecule has 88 valence electrons. The number of carbonyl (C=O) groups is 1. The largest absolute Gasteiger partial charge is 0.375 e. The topological polar surface area (TPSA) is 41.6 Å². The molecule has 15 heavy (non-hydrogen) atoms. The van der Waals surface area contributed by atoms with Gasteiger partial charge in [-0.3, -0.25) is 4.79 Å². The molecule has 0 spiro atoms. The summed E-state index contributed by atoms with van der Waals surface area (Å²) in [5.41, 5.74) is 0. The van der Waals surface area contributed by atoms with Gasteiger partial charge in [0.25, 0.3) is 0 Å². The van der Waals surface area contributed by atoms with E-state index in [-0.39, 0.29) is 12.5 Å². The van der Waals surface area contributed by atoms with Gasteiger partial charge in [-0.05, 0) is 12.8 Å². The van der Waals surface area contributed by atoms with Gasteiger partial charge >= 0.3 is 0 Å². The Labute approximate surface area is 92.0 Å². The Morgan fingerprint density at radius 2 is 2.27 bits per heavy atom. The van der Waals surface area contributed by atoms with Gasteiger partial charge in [0.05, 0.1) is 0 Å². The number of piperazine rings is 1. The van der Waals surface area contributed by atoms with Crippen LogP contribution in [0, 0.1) is 5.92 Å². The molecule has 0 aromatic heterocycles. The third kappa shape index (κ3) is 3.18. The van der Waals surface area contributed by atoms with Gasteiger partial charge in [0, 0.05) is 32.3 Å². The lowest BCUT2D eigenvalue weighted by Crippen LogP contribution is -2.59. The maximum Gasteiger partial charge on any atom is 0.248 e. The van der Waals surface area contributed by atoms with E-state index < -0.39 is 0 Å². The van der Waals surface area contributed by atoms with Gasteiger partial charge in [0.2, 0.25) is 5.91 Å². The number of methoxy groups -OCH3 is 1. The number of amides is 1. The maximum atomic E-state index is 11.8. The summed E-state index contributed by atoms with van der Waals surface area (Å²) in [4.78, 5) is 13.8. The number of carbonyl (C=O) groups excluding carboxylic acids is 1. The second-order valence-electron chi connectivity index (χ2n) is 4.60. The van der Waals surface area contributed by atoms with Gasteiger partial charge in [-0.2, -0.15) is 0 Å². The highest BCUT2D eigenvalue weighted by molar-refractivity contribution is 5.78. The Balaban J connectivity index is 2.65. The van der Waals surface area contributed by atoms with Crippen LogP contribution in [-0.4, -0.2) is 49.7 Å². The van der Waals surface area contributed by atoms with Crippen LogP contribution in [0.3, 0.4) is 0 Å². The monoisotopic (exact) mass is 214 g/mol. The van der Waals surface area contributed by atoms with E-state index in [1.807, 2.05) is 4.90 Å². The third-order valence-electron chi connectivity index (χ3n) is 2.90. The number of nitrogens with one attached hydrogen (secondary N) is 1. The fourth-order valence-electron chi connectivity index (χ4n) is 2.02. The first-order chi connectivity index (χ1) is 7.06. The predicted molar refractivity (Wildman–Crippen MR) is 59.7 cm³/mol. The lowest BCUT2D eigenvalue weighted by atomic mass is 9.99. The van der Waals surface area contributed by atoms with E-state index in [2.05, 4.69) is 26.1 Å². The van der Waals surface area contributed by atoms with Crippen LogP contribution in [0.25, 0.3) is 0 Å². The molecule has 1 N–H and O–H groups in total. The fraction of sp³-hybridized carbons (Fsp3) is 0.909. The van der Waals surface area contributed by atoms with Crippen molar-refractivity contribution in [3.8, 4) is 0 Å². The SMILES string of the molecule is COCC(=O)N1CC(C)NCC1C(C)C. The molecule has 1 fully saturated rings. The van der Waals surface area contributed by atoms with Crippen LogP contribution in [0.15, 0.2) is 0 Å². The molecule has 0 bridgehead atoms. The van der Waals surface area contributed by atoms with Gasteiger partial charge in [-0.15, -0.1) is 0 Å². The van der Waals surface area contributed by atoms with E-state index in [0.717, 1.165) is 13.1 Å². The molecule has 1 aliphatic heterocycles. The minimum absolute atomic E-state index is 0.101. The Kier molecular flexibility index (Phi) is 4.54. The summed E-state index contributed by atoms with van der Waals surface area (Å²) in [5.74, 6) is 0.579. The second-order valence-corrected chi connectivity index (χ2v) is 4.60. The minimum atomic E-state index is 0.101. The van der Waals surface area contributed by atoms with Crippen molar-refractivity contribution in [2.24, 2.45) is 5.92 Å². The molecule has 0 aromatic carbocycles. The van der Waals surface area contributed by atoms with Crippen molar-refractivity contribution in [3.63, 3.8) is 0 Å². The van der Waals surface area contributed by atoms with Gasteiger partial charge < -0.3 is 15.0 Å². The highest BCUT2D eigenvalue weighted by atomic mass is 16.5. The summed E-state index contributed by atoms with van der Waals surface area (Å²) in [6, 6.07) is 0.671. The summed E-state index contributed by atoms with van der Waals surface area (Å²) < 4.78 is 4.91. The summed E-state index contributed by atoms with van der Waals surface area (Å²) in [6.07, 6.45) is 0. The molecule has 0 radical (unpaired) electrons. The highest BCUT2D eigenvalue weighted by Gasteiger charge is 2.31. The van der Waals surface area contributed by atoms with Crippen LogP contribution in [0.4, 0.5) is 0 Å². The summed E-state index contributed by atoms with van der Waals surface area (Å²) in [7, 11) is 1.56. The average molecular weight is 214 g/mol. The standard InChI is InChI=1S/C11H22N2O2/c1-8(2)10-5-12-9(3)6-13(10)11(14)7-15-4/h8-10,12H,5-7H2,1-4H3. The smallest absolute Gasteiger partial charge is 0.248 e. The molecule has 4 nitrogen and oxygen atoms in total. The third-order valence-corrected chi connectivity index (χ3v) is 2.90. The van der Waals surface area contributed by atoms with Crippen LogP contribution in [-0.2, 0) is 9.53 Å². The van der Waals surface area contributed by atoms with Crippen molar-refractivity contribution in [1.29, 1.82) is 0 Å². The van der Waals surface area contributed by atoms with Crippen LogP contribution in [0.5, 0.6) is 0 Å². The lowest BCUT2D eigenvalue weighted by Gasteiger charge is -2.41. The molecular formula is C11H22N2O2. The highest BCUT2D eigenvalue weighted by Crippen LogP contribution is 2.15. The number of ether oxygens (including phenoxy) is 1. The second kappa shape index (κ2) is 5.47. The Bertz CT molecular complexity index is 219. The number of rotatable bonds is 3. The molecule has 2 atom stereocenters. The van der Waals surface area contributed by atoms with Crippen molar-refractivity contribution in [1.82, 2.24) is 10.2 Å². The molecule has 2 unspecified atom stereocenters. The fourth-order valence-corrected chi connectivity index (χ4v) is 2.02. The van der Waals surface area contributed by atoms with Crippen LogP contribution in [0.2, 0.25) is 0 Å². The maximum absolute atomic E-state index is 11.8. The Morgan fingerprint density at radius 1 is 1.60 bits per heavy atom. The van der Waals surface area contributed by atoms with E-state index in [4.69, 9.17) is 4.74 Å². The molecule has 0 saturated carbocycles. The first-order valence-electron chi connectivity index (χ1n) is 5.58. The van der Waals surface area contributed by atoms with Crippen molar-refractivity contribution in [3.05, 3.63) is 0 Å². The molecular weight excluding hydrogens is 192 g/mol. The predicted octanol–water partition coefficient (Wildman–Crippen LogP) is 0.478. The van der Waals surface area contributed by atoms with Crippen LogP contribution in [0.1, 0.15) is 20.8 Å². The number of hydrogen-bond acceptors (Lipinski definition) is 3. The van der Waals surface area contributed by atoms with Gasteiger partial charge in [-0.1, -0.05) is 13.8 Å². The zero-order valence-corrected chi connectivity index (χ0v) is 10.1. The van der Waals surface area contributed by atoms with Gasteiger partial charge in [0.15, 0.2) is 0 Å². The number of nitrogens with zero attached hydrogens (tertiary/aromatic N) is 1. The van der Waals surface area contributed by atoms with Crippen LogP contribution < -0.4 is 5.32 Å².